The zero-order chi connectivity index (χ0) is 9.24. The predicted molar refractivity (Wildman–Crippen MR) is 44.3 cm³/mol. The Kier molecular flexibility index (Phi) is 2.94. The largest absolute Gasteiger partial charge is 0.469 e. The molecule has 0 amide bonds. The summed E-state index contributed by atoms with van der Waals surface area (Å²) in [6, 6.07) is 0. The summed E-state index contributed by atoms with van der Waals surface area (Å²) in [6.45, 7) is 3.97. The number of hydrogen-bond acceptors (Lipinski definition) is 2. The van der Waals surface area contributed by atoms with Gasteiger partial charge in [0.25, 0.3) is 0 Å². The third-order valence-electron chi connectivity index (χ3n) is 2.20. The minimum absolute atomic E-state index is 0.0667. The van der Waals surface area contributed by atoms with Gasteiger partial charge in [0.05, 0.1) is 6.61 Å². The van der Waals surface area contributed by atoms with Crippen molar-refractivity contribution in [3.63, 3.8) is 0 Å². The molecule has 0 atom stereocenters. The first-order valence-electron chi connectivity index (χ1n) is 3.97. The maximum atomic E-state index is 10.4. The van der Waals surface area contributed by atoms with Gasteiger partial charge in [0.1, 0.15) is 0 Å². The normalized spacial score (nSPS) is 22.9. The Hall–Kier alpha value is 0.110. The zero-order valence-corrected chi connectivity index (χ0v) is 7.80. The van der Waals surface area contributed by atoms with Crippen molar-refractivity contribution in [2.24, 2.45) is 5.41 Å². The summed E-state index contributed by atoms with van der Waals surface area (Å²) < 4.78 is 14.8. The minimum Gasteiger partial charge on any atom is -0.303 e. The van der Waals surface area contributed by atoms with E-state index in [4.69, 9.17) is 9.79 Å². The standard InChI is InChI=1S/C7H14O4P/c1-7(4-2-3-5-7)6-11-12(8,9)10/h1-6H2,(H2,8,9,10). The van der Waals surface area contributed by atoms with E-state index in [1.54, 1.807) is 0 Å². The van der Waals surface area contributed by atoms with Crippen LogP contribution in [0.5, 0.6) is 0 Å². The molecule has 0 spiro atoms. The first-order valence-corrected chi connectivity index (χ1v) is 5.50. The maximum absolute atomic E-state index is 10.4. The van der Waals surface area contributed by atoms with Gasteiger partial charge in [-0.1, -0.05) is 12.8 Å². The molecule has 0 bridgehead atoms. The molecule has 0 saturated heterocycles. The van der Waals surface area contributed by atoms with E-state index in [2.05, 4.69) is 11.4 Å². The van der Waals surface area contributed by atoms with Gasteiger partial charge < -0.3 is 9.79 Å². The Morgan fingerprint density at radius 2 is 1.92 bits per heavy atom. The quantitative estimate of drug-likeness (QED) is 0.666. The molecular formula is C7H14O4P. The van der Waals surface area contributed by atoms with Crippen LogP contribution in [0.25, 0.3) is 0 Å². The van der Waals surface area contributed by atoms with E-state index in [0.717, 1.165) is 25.7 Å². The van der Waals surface area contributed by atoms with Gasteiger partial charge in [-0.2, -0.15) is 0 Å². The van der Waals surface area contributed by atoms with Crippen LogP contribution in [0.3, 0.4) is 0 Å². The van der Waals surface area contributed by atoms with E-state index in [1.807, 2.05) is 0 Å². The third-order valence-corrected chi connectivity index (χ3v) is 2.67. The highest BCUT2D eigenvalue weighted by Crippen LogP contribution is 2.43. The molecule has 1 saturated carbocycles. The van der Waals surface area contributed by atoms with Crippen LogP contribution in [0.2, 0.25) is 0 Å². The zero-order valence-electron chi connectivity index (χ0n) is 6.90. The van der Waals surface area contributed by atoms with Gasteiger partial charge in [-0.25, -0.2) is 4.57 Å². The molecule has 1 aliphatic rings. The van der Waals surface area contributed by atoms with Crippen molar-refractivity contribution in [2.45, 2.75) is 25.7 Å². The lowest BCUT2D eigenvalue weighted by atomic mass is 9.90. The summed E-state index contributed by atoms with van der Waals surface area (Å²) in [6.07, 6.45) is 3.95. The predicted octanol–water partition coefficient (Wildman–Crippen LogP) is 1.49. The molecule has 71 valence electrons. The molecule has 0 unspecified atom stereocenters. The van der Waals surface area contributed by atoms with Crippen molar-refractivity contribution < 1.29 is 18.9 Å². The summed E-state index contributed by atoms with van der Waals surface area (Å²) in [5, 5.41) is 0. The van der Waals surface area contributed by atoms with Gasteiger partial charge in [-0.15, -0.1) is 0 Å². The lowest BCUT2D eigenvalue weighted by Gasteiger charge is -2.22. The highest BCUT2D eigenvalue weighted by atomic mass is 31.2. The third kappa shape index (κ3) is 3.23. The fourth-order valence-electron chi connectivity index (χ4n) is 1.49. The second-order valence-electron chi connectivity index (χ2n) is 3.47. The Morgan fingerprint density at radius 3 is 2.33 bits per heavy atom. The Bertz CT molecular complexity index is 192. The monoisotopic (exact) mass is 193 g/mol. The summed E-state index contributed by atoms with van der Waals surface area (Å²) in [4.78, 5) is 16.9. The van der Waals surface area contributed by atoms with Gasteiger partial charge in [-0.05, 0) is 25.2 Å². The molecule has 1 rings (SSSR count). The van der Waals surface area contributed by atoms with Crippen LogP contribution in [0.4, 0.5) is 0 Å². The highest BCUT2D eigenvalue weighted by molar-refractivity contribution is 7.46. The number of phosphoric acid groups is 1. The minimum atomic E-state index is -4.30. The number of rotatable bonds is 3. The van der Waals surface area contributed by atoms with Crippen molar-refractivity contribution in [3.8, 4) is 0 Å². The fourth-order valence-corrected chi connectivity index (χ4v) is 1.93. The average Bonchev–Trinajstić information content (AvgIpc) is 2.32. The van der Waals surface area contributed by atoms with E-state index >= 15 is 0 Å². The molecule has 0 aliphatic heterocycles. The Balaban J connectivity index is 2.35. The van der Waals surface area contributed by atoms with E-state index < -0.39 is 7.82 Å². The number of phosphoric ester groups is 1. The lowest BCUT2D eigenvalue weighted by molar-refractivity contribution is 0.136. The van der Waals surface area contributed by atoms with Crippen molar-refractivity contribution >= 4 is 7.82 Å². The van der Waals surface area contributed by atoms with E-state index in [-0.39, 0.29) is 12.0 Å². The fraction of sp³-hybridized carbons (Fsp3) is 0.857. The molecule has 0 aromatic rings. The molecule has 0 aromatic carbocycles. The van der Waals surface area contributed by atoms with Gasteiger partial charge in [0.2, 0.25) is 0 Å². The molecule has 0 aromatic heterocycles. The topological polar surface area (TPSA) is 66.8 Å². The van der Waals surface area contributed by atoms with Gasteiger partial charge in [0, 0.05) is 0 Å². The molecule has 1 fully saturated rings. The molecule has 2 N–H and O–H groups in total. The lowest BCUT2D eigenvalue weighted by Crippen LogP contribution is -2.18. The van der Waals surface area contributed by atoms with E-state index in [9.17, 15) is 4.57 Å². The van der Waals surface area contributed by atoms with E-state index in [1.165, 1.54) is 0 Å². The summed E-state index contributed by atoms with van der Waals surface area (Å²) in [7, 11) is -4.30. The van der Waals surface area contributed by atoms with Crippen molar-refractivity contribution in [3.05, 3.63) is 6.92 Å². The first kappa shape index (κ1) is 10.2. The van der Waals surface area contributed by atoms with Crippen molar-refractivity contribution in [1.82, 2.24) is 0 Å². The number of hydrogen-bond donors (Lipinski definition) is 2. The molecule has 1 aliphatic carbocycles. The smallest absolute Gasteiger partial charge is 0.303 e. The molecule has 1 radical (unpaired) electrons. The Labute approximate surface area is 72.2 Å². The Morgan fingerprint density at radius 1 is 1.42 bits per heavy atom. The van der Waals surface area contributed by atoms with Gasteiger partial charge in [-0.3, -0.25) is 4.52 Å². The maximum Gasteiger partial charge on any atom is 0.469 e. The second kappa shape index (κ2) is 3.46. The molecular weight excluding hydrogens is 179 g/mol. The van der Waals surface area contributed by atoms with Crippen LogP contribution in [-0.4, -0.2) is 16.4 Å². The van der Waals surface area contributed by atoms with Crippen LogP contribution < -0.4 is 0 Å². The second-order valence-corrected chi connectivity index (χ2v) is 4.71. The summed E-state index contributed by atoms with van der Waals surface area (Å²) >= 11 is 0. The summed E-state index contributed by atoms with van der Waals surface area (Å²) in [5.74, 6) is 0. The van der Waals surface area contributed by atoms with Crippen molar-refractivity contribution in [1.29, 1.82) is 0 Å². The van der Waals surface area contributed by atoms with Gasteiger partial charge in [0.15, 0.2) is 0 Å². The molecule has 12 heavy (non-hydrogen) atoms. The van der Waals surface area contributed by atoms with Crippen molar-refractivity contribution in [2.75, 3.05) is 6.61 Å². The van der Waals surface area contributed by atoms with Crippen LogP contribution in [0, 0.1) is 12.3 Å². The van der Waals surface area contributed by atoms with Crippen LogP contribution in [-0.2, 0) is 9.09 Å². The average molecular weight is 193 g/mol. The van der Waals surface area contributed by atoms with E-state index in [0.29, 0.717) is 0 Å². The van der Waals surface area contributed by atoms with Gasteiger partial charge >= 0.3 is 7.82 Å². The molecule has 5 heteroatoms. The SMILES string of the molecule is [CH2]C1(COP(=O)(O)O)CCCC1. The van der Waals surface area contributed by atoms with Crippen LogP contribution in [0.15, 0.2) is 0 Å². The van der Waals surface area contributed by atoms with Crippen LogP contribution in [0.1, 0.15) is 25.7 Å². The molecule has 4 nitrogen and oxygen atoms in total. The van der Waals surface area contributed by atoms with Crippen LogP contribution >= 0.6 is 7.82 Å². The first-order chi connectivity index (χ1) is 5.41. The summed E-state index contributed by atoms with van der Waals surface area (Å²) in [5.41, 5.74) is -0.263. The highest BCUT2D eigenvalue weighted by Gasteiger charge is 2.31. The molecule has 0 heterocycles.